The molecule has 3 amide bonds. The second-order valence-corrected chi connectivity index (χ2v) is 9.07. The Bertz CT molecular complexity index is 1640. The van der Waals surface area contributed by atoms with Crippen LogP contribution < -0.4 is 20.8 Å². The van der Waals surface area contributed by atoms with Crippen LogP contribution in [0.3, 0.4) is 0 Å². The molecule has 0 spiro atoms. The quantitative estimate of drug-likeness (QED) is 0.159. The van der Waals surface area contributed by atoms with Gasteiger partial charge in [0, 0.05) is 22.7 Å². The van der Waals surface area contributed by atoms with Gasteiger partial charge in [-0.2, -0.15) is 5.23 Å². The van der Waals surface area contributed by atoms with Crippen molar-refractivity contribution in [3.63, 3.8) is 0 Å². The van der Waals surface area contributed by atoms with Crippen molar-refractivity contribution in [1.82, 2.24) is 20.0 Å². The Hall–Kier alpha value is -4.68. The van der Waals surface area contributed by atoms with Gasteiger partial charge in [0.15, 0.2) is 5.69 Å². The summed E-state index contributed by atoms with van der Waals surface area (Å²) in [4.78, 5) is 40.5. The summed E-state index contributed by atoms with van der Waals surface area (Å²) in [6.45, 7) is 0.0105. The molecule has 0 aliphatic carbocycles. The molecule has 1 aliphatic rings. The fraction of sp³-hybridized carbons (Fsp3) is 0.0741. The van der Waals surface area contributed by atoms with Gasteiger partial charge in [0.05, 0.1) is 30.6 Å². The number of amides is 3. The Balaban J connectivity index is 1.55. The van der Waals surface area contributed by atoms with Crippen LogP contribution in [0.25, 0.3) is 23.0 Å². The molecule has 1 unspecified atom stereocenters. The van der Waals surface area contributed by atoms with E-state index < -0.39 is 22.7 Å². The van der Waals surface area contributed by atoms with E-state index >= 15 is 0 Å². The van der Waals surface area contributed by atoms with Crippen molar-refractivity contribution < 1.29 is 24.8 Å². The summed E-state index contributed by atoms with van der Waals surface area (Å²) in [5, 5.41) is 25.4. The highest BCUT2D eigenvalue weighted by Gasteiger charge is 2.34. The lowest BCUT2D eigenvalue weighted by Crippen LogP contribution is -2.99. The number of carbonyl (C=O) groups is 2. The number of benzene rings is 3. The Morgan fingerprint density at radius 2 is 1.77 bits per heavy atom. The molecule has 0 saturated carbocycles. The molecule has 11 nitrogen and oxygen atoms in total. The van der Waals surface area contributed by atoms with Crippen LogP contribution in [-0.2, 0) is 11.3 Å². The molecule has 1 aliphatic heterocycles. The van der Waals surface area contributed by atoms with Crippen LogP contribution in [0.4, 0.5) is 10.5 Å². The van der Waals surface area contributed by atoms with E-state index in [4.69, 9.17) is 16.3 Å². The van der Waals surface area contributed by atoms with Crippen LogP contribution in [0.2, 0.25) is 5.02 Å². The number of nitrogens with zero attached hydrogens (tertiary/aromatic N) is 2. The number of urea groups is 1. The van der Waals surface area contributed by atoms with Gasteiger partial charge >= 0.3 is 6.03 Å². The van der Waals surface area contributed by atoms with E-state index in [1.807, 2.05) is 0 Å². The number of carbonyl (C=O) groups excluding carboxylic acids is 2. The van der Waals surface area contributed by atoms with E-state index in [1.165, 1.54) is 42.1 Å². The normalized spacial score (nSPS) is 15.1. The molecule has 4 aromatic rings. The molecule has 4 N–H and O–H groups in total. The number of nitrogens with one attached hydrogen (secondary N) is 3. The first-order valence-electron chi connectivity index (χ1n) is 11.7. The van der Waals surface area contributed by atoms with Gasteiger partial charge in [-0.05, 0) is 48.0 Å². The second-order valence-electron chi connectivity index (χ2n) is 8.63. The zero-order chi connectivity index (χ0) is 27.7. The molecule has 1 fully saturated rings. The number of imide groups is 1. The van der Waals surface area contributed by atoms with Crippen molar-refractivity contribution in [2.75, 3.05) is 7.11 Å². The lowest BCUT2D eigenvalue weighted by Gasteiger charge is -2.12. The Labute approximate surface area is 226 Å². The van der Waals surface area contributed by atoms with Gasteiger partial charge in [0.1, 0.15) is 11.4 Å². The van der Waals surface area contributed by atoms with Crippen molar-refractivity contribution in [3.05, 3.63) is 110 Å². The first-order valence-corrected chi connectivity index (χ1v) is 12.0. The van der Waals surface area contributed by atoms with E-state index in [0.717, 1.165) is 4.90 Å². The van der Waals surface area contributed by atoms with E-state index in [-0.39, 0.29) is 23.5 Å². The molecule has 3 aromatic carbocycles. The van der Waals surface area contributed by atoms with Gasteiger partial charge in [-0.15, -0.1) is 0 Å². The predicted molar refractivity (Wildman–Crippen MR) is 143 cm³/mol. The number of aromatic nitrogens is 2. The van der Waals surface area contributed by atoms with Crippen LogP contribution >= 0.6 is 11.6 Å². The number of quaternary nitrogens is 1. The predicted octanol–water partition coefficient (Wildman–Crippen LogP) is 2.99. The third-order valence-corrected chi connectivity index (χ3v) is 6.41. The summed E-state index contributed by atoms with van der Waals surface area (Å²) >= 11 is 6.04. The maximum atomic E-state index is 13.6. The number of halogens is 1. The molecule has 0 bridgehead atoms. The molecule has 0 radical (unpaired) electrons. The van der Waals surface area contributed by atoms with Crippen molar-refractivity contribution in [2.24, 2.45) is 0 Å². The number of methoxy groups -OCH3 is 1. The Morgan fingerprint density at radius 3 is 2.44 bits per heavy atom. The lowest BCUT2D eigenvalue weighted by molar-refractivity contribution is -0.991. The van der Waals surface area contributed by atoms with E-state index in [1.54, 1.807) is 48.5 Å². The van der Waals surface area contributed by atoms with Gasteiger partial charge < -0.3 is 15.3 Å². The largest absolute Gasteiger partial charge is 0.595 e. The fourth-order valence-corrected chi connectivity index (χ4v) is 4.29. The minimum absolute atomic E-state index is 0.0105. The van der Waals surface area contributed by atoms with Crippen LogP contribution in [0, 0.1) is 5.21 Å². The van der Waals surface area contributed by atoms with Crippen molar-refractivity contribution >= 4 is 35.3 Å². The first-order chi connectivity index (χ1) is 18.7. The minimum atomic E-state index is -1.10. The van der Waals surface area contributed by atoms with Crippen LogP contribution in [0.15, 0.2) is 83.3 Å². The van der Waals surface area contributed by atoms with Crippen LogP contribution in [0.1, 0.15) is 11.1 Å². The average molecular weight is 548 g/mol. The maximum absolute atomic E-state index is 13.6. The van der Waals surface area contributed by atoms with Gasteiger partial charge in [-0.1, -0.05) is 35.9 Å². The van der Waals surface area contributed by atoms with E-state index in [2.05, 4.69) is 10.4 Å². The second kappa shape index (κ2) is 10.6. The standard InChI is InChI=1S/C27H22ClN5O6/c1-39-21-4-2-3-16(13-21)15-31-26(35)23(29-27(31)36)14-22-24(17-5-7-18(28)8-6-17)30-32(25(22)34)19-9-11-20(12-10-19)33(37)38/h2-14,30,33,37H,15H2,1H3,(H,29,36)/b23-14-. The molecule has 2 heterocycles. The third kappa shape index (κ3) is 5.19. The van der Waals surface area contributed by atoms with Gasteiger partial charge in [0.2, 0.25) is 0 Å². The number of aromatic amines is 1. The summed E-state index contributed by atoms with van der Waals surface area (Å²) in [5.74, 6) is -0.00461. The highest BCUT2D eigenvalue weighted by Crippen LogP contribution is 2.26. The van der Waals surface area contributed by atoms with Gasteiger partial charge in [-0.25, -0.2) is 14.7 Å². The van der Waals surface area contributed by atoms with Crippen molar-refractivity contribution in [3.8, 4) is 22.7 Å². The molecule has 1 atom stereocenters. The number of H-pyrrole nitrogens is 1. The summed E-state index contributed by atoms with van der Waals surface area (Å²) in [6, 6.07) is 18.8. The smallest absolute Gasteiger partial charge is 0.329 e. The van der Waals surface area contributed by atoms with Gasteiger partial charge in [0.25, 0.3) is 11.5 Å². The highest BCUT2D eigenvalue weighted by atomic mass is 35.5. The summed E-state index contributed by atoms with van der Waals surface area (Å²) in [5.41, 5.74) is 1.65. The lowest BCUT2D eigenvalue weighted by atomic mass is 10.1. The molecule has 1 saturated heterocycles. The summed E-state index contributed by atoms with van der Waals surface area (Å²) < 4.78 is 6.45. The molecule has 5 rings (SSSR count). The fourth-order valence-electron chi connectivity index (χ4n) is 4.17. The molecular weight excluding hydrogens is 526 g/mol. The number of hydrogen-bond acceptors (Lipinski definition) is 6. The molecule has 198 valence electrons. The van der Waals surface area contributed by atoms with E-state index in [0.29, 0.717) is 33.3 Å². The monoisotopic (exact) mass is 547 g/mol. The van der Waals surface area contributed by atoms with Crippen molar-refractivity contribution in [1.29, 1.82) is 0 Å². The molecule has 39 heavy (non-hydrogen) atoms. The third-order valence-electron chi connectivity index (χ3n) is 6.16. The maximum Gasteiger partial charge on any atom is 0.329 e. The highest BCUT2D eigenvalue weighted by molar-refractivity contribution is 6.30. The molecular formula is C27H22ClN5O6. The molecule has 1 aromatic heterocycles. The van der Waals surface area contributed by atoms with E-state index in [9.17, 15) is 24.8 Å². The van der Waals surface area contributed by atoms with Crippen LogP contribution in [-0.4, -0.2) is 38.9 Å². The number of hydrogen-bond donors (Lipinski definition) is 4. The SMILES string of the molecule is COc1cccc(CN2C(=O)N/C(=C\c3c(-c4ccc(Cl)cc4)[nH]n(-c4ccc([NH+]([O-])O)cc4)c3=O)C2=O)c1. The average Bonchev–Trinajstić information content (AvgIpc) is 3.40. The zero-order valence-corrected chi connectivity index (χ0v) is 21.2. The first kappa shape index (κ1) is 25.9. The number of ether oxygens (including phenoxy) is 1. The Kier molecular flexibility index (Phi) is 7.05. The summed E-state index contributed by atoms with van der Waals surface area (Å²) in [6.07, 6.45) is 1.33. The summed E-state index contributed by atoms with van der Waals surface area (Å²) in [7, 11) is 1.52. The van der Waals surface area contributed by atoms with Gasteiger partial charge in [-0.3, -0.25) is 19.6 Å². The minimum Gasteiger partial charge on any atom is -0.595 e. The number of rotatable bonds is 7. The topological polar surface area (TPSA) is 144 Å². The zero-order valence-electron chi connectivity index (χ0n) is 20.5. The van der Waals surface area contributed by atoms with Crippen molar-refractivity contribution in [2.45, 2.75) is 6.54 Å². The Morgan fingerprint density at radius 1 is 1.05 bits per heavy atom. The van der Waals surface area contributed by atoms with Crippen LogP contribution in [0.5, 0.6) is 5.75 Å². The molecule has 12 heteroatoms.